The first-order chi connectivity index (χ1) is 17.3. The van der Waals surface area contributed by atoms with Crippen LogP contribution in [0.3, 0.4) is 0 Å². The molecule has 0 spiro atoms. The lowest BCUT2D eigenvalue weighted by atomic mass is 9.68. The van der Waals surface area contributed by atoms with Gasteiger partial charge in [0.25, 0.3) is 11.6 Å². The van der Waals surface area contributed by atoms with E-state index < -0.39 is 52.3 Å². The molecule has 0 atom stereocenters. The largest absolute Gasteiger partial charge is 0.384 e. The zero-order valence-corrected chi connectivity index (χ0v) is 19.7. The number of carbonyl (C=O) groups excluding carboxylic acids is 1. The average molecular weight is 562 g/mol. The summed E-state index contributed by atoms with van der Waals surface area (Å²) in [4.78, 5) is 12.7. The summed E-state index contributed by atoms with van der Waals surface area (Å²) < 4.78 is 157. The number of amides is 1. The van der Waals surface area contributed by atoms with Gasteiger partial charge in [-0.1, -0.05) is 31.2 Å². The number of rotatable bonds is 6. The summed E-state index contributed by atoms with van der Waals surface area (Å²) in [5.74, 6) is -36.5. The van der Waals surface area contributed by atoms with Crippen molar-refractivity contribution in [2.75, 3.05) is 11.9 Å². The van der Waals surface area contributed by atoms with E-state index in [1.165, 1.54) is 19.1 Å². The maximum atomic E-state index is 15.6. The third kappa shape index (κ3) is 3.69. The van der Waals surface area contributed by atoms with E-state index >= 15 is 4.39 Å². The van der Waals surface area contributed by atoms with Crippen LogP contribution >= 0.6 is 0 Å². The second kappa shape index (κ2) is 9.09. The molecule has 2 aromatic rings. The standard InChI is InChI=1S/C24H21F11N2O/c1-3-14-11-16(10-12(2)17(14)37-18(38)15-6-4-13(5-7-15)8-9-36)19(25)20(26,27)22(30,31)24(34,35)23(32,33)21(19,28)29/h4-7,10-11H,3,8-9,36H2,1-2H3,(H,37,38). The Morgan fingerprint density at radius 3 is 1.71 bits per heavy atom. The lowest BCUT2D eigenvalue weighted by Crippen LogP contribution is -2.82. The van der Waals surface area contributed by atoms with Crippen molar-refractivity contribution in [2.24, 2.45) is 5.73 Å². The molecule has 210 valence electrons. The summed E-state index contributed by atoms with van der Waals surface area (Å²) in [5.41, 5.74) is -3.11. The van der Waals surface area contributed by atoms with Gasteiger partial charge < -0.3 is 11.1 Å². The molecule has 0 unspecified atom stereocenters. The van der Waals surface area contributed by atoms with Gasteiger partial charge in [-0.25, -0.2) is 4.39 Å². The van der Waals surface area contributed by atoms with Gasteiger partial charge in [-0.3, -0.25) is 4.79 Å². The third-order valence-corrected chi connectivity index (χ3v) is 6.53. The number of hydrogen-bond donors (Lipinski definition) is 2. The van der Waals surface area contributed by atoms with Gasteiger partial charge in [-0.2, -0.15) is 43.9 Å². The number of benzene rings is 2. The summed E-state index contributed by atoms with van der Waals surface area (Å²) in [6, 6.07) is 6.21. The molecular weight excluding hydrogens is 541 g/mol. The molecule has 3 nitrogen and oxygen atoms in total. The average Bonchev–Trinajstić information content (AvgIpc) is 2.83. The minimum Gasteiger partial charge on any atom is -0.330 e. The van der Waals surface area contributed by atoms with Crippen molar-refractivity contribution in [3.63, 3.8) is 0 Å². The van der Waals surface area contributed by atoms with Crippen molar-refractivity contribution in [1.82, 2.24) is 0 Å². The summed E-state index contributed by atoms with van der Waals surface area (Å²) in [6.07, 6.45) is 0.183. The highest BCUT2D eigenvalue weighted by molar-refractivity contribution is 6.05. The monoisotopic (exact) mass is 562 g/mol. The molecule has 0 aromatic heterocycles. The number of anilines is 1. The lowest BCUT2D eigenvalue weighted by molar-refractivity contribution is -0.489. The zero-order chi connectivity index (χ0) is 29.1. The number of carbonyl (C=O) groups is 1. The fourth-order valence-electron chi connectivity index (χ4n) is 4.28. The Morgan fingerprint density at radius 2 is 1.26 bits per heavy atom. The molecule has 14 heteroatoms. The van der Waals surface area contributed by atoms with Crippen molar-refractivity contribution < 1.29 is 53.1 Å². The van der Waals surface area contributed by atoms with E-state index in [1.807, 2.05) is 0 Å². The molecule has 0 bridgehead atoms. The summed E-state index contributed by atoms with van der Waals surface area (Å²) >= 11 is 0. The van der Waals surface area contributed by atoms with Gasteiger partial charge in [0.15, 0.2) is 0 Å². The van der Waals surface area contributed by atoms with Crippen LogP contribution in [0, 0.1) is 6.92 Å². The number of nitrogens with one attached hydrogen (secondary N) is 1. The van der Waals surface area contributed by atoms with Gasteiger partial charge in [-0.15, -0.1) is 0 Å². The fourth-order valence-corrected chi connectivity index (χ4v) is 4.28. The maximum Gasteiger partial charge on any atom is 0.384 e. The molecule has 1 fully saturated rings. The van der Waals surface area contributed by atoms with Gasteiger partial charge >= 0.3 is 29.6 Å². The number of aryl methyl sites for hydroxylation is 2. The van der Waals surface area contributed by atoms with Crippen molar-refractivity contribution in [3.8, 4) is 0 Å². The van der Waals surface area contributed by atoms with Gasteiger partial charge in [0.05, 0.1) is 0 Å². The Bertz CT molecular complexity index is 1200. The first-order valence-electron chi connectivity index (χ1n) is 11.1. The van der Waals surface area contributed by atoms with E-state index in [-0.39, 0.29) is 35.4 Å². The lowest BCUT2D eigenvalue weighted by Gasteiger charge is -2.52. The van der Waals surface area contributed by atoms with Gasteiger partial charge in [0.2, 0.25) is 0 Å². The molecule has 1 amide bonds. The fraction of sp³-hybridized carbons (Fsp3) is 0.458. The minimum absolute atomic E-state index is 0.0742. The first kappa shape index (κ1) is 29.7. The van der Waals surface area contributed by atoms with Gasteiger partial charge in [0.1, 0.15) is 0 Å². The van der Waals surface area contributed by atoms with Gasteiger partial charge in [0, 0.05) is 16.8 Å². The number of halogens is 11. The van der Waals surface area contributed by atoms with Crippen molar-refractivity contribution >= 4 is 11.6 Å². The molecule has 1 aliphatic rings. The van der Waals surface area contributed by atoms with Crippen LogP contribution in [0.1, 0.15) is 39.5 Å². The second-order valence-corrected chi connectivity index (χ2v) is 8.90. The van der Waals surface area contributed by atoms with Crippen molar-refractivity contribution in [1.29, 1.82) is 0 Å². The Kier molecular flexibility index (Phi) is 7.10. The van der Waals surface area contributed by atoms with Crippen molar-refractivity contribution in [3.05, 3.63) is 64.2 Å². The number of alkyl halides is 11. The minimum atomic E-state index is -7.29. The summed E-state index contributed by atoms with van der Waals surface area (Å²) in [5, 5.41) is 2.35. The summed E-state index contributed by atoms with van der Waals surface area (Å²) in [7, 11) is 0. The Balaban J connectivity index is 2.14. The van der Waals surface area contributed by atoms with Crippen LogP contribution in [-0.4, -0.2) is 42.1 Å². The molecule has 0 aliphatic heterocycles. The molecule has 0 radical (unpaired) electrons. The second-order valence-electron chi connectivity index (χ2n) is 8.90. The SMILES string of the molecule is CCc1cc(C2(F)C(F)(F)C(F)(F)C(F)(F)C(F)(F)C2(F)F)cc(C)c1NC(=O)c1ccc(CCN)cc1. The predicted octanol–water partition coefficient (Wildman–Crippen LogP) is 6.67. The molecule has 38 heavy (non-hydrogen) atoms. The van der Waals surface area contributed by atoms with Crippen LogP contribution in [0.4, 0.5) is 54.0 Å². The van der Waals surface area contributed by atoms with E-state index in [9.17, 15) is 48.7 Å². The summed E-state index contributed by atoms with van der Waals surface area (Å²) in [6.45, 7) is 2.58. The molecule has 3 N–H and O–H groups in total. The topological polar surface area (TPSA) is 55.1 Å². The van der Waals surface area contributed by atoms with Crippen LogP contribution in [0.5, 0.6) is 0 Å². The van der Waals surface area contributed by atoms with Gasteiger partial charge in [-0.05, 0) is 55.1 Å². The van der Waals surface area contributed by atoms with Crippen LogP contribution < -0.4 is 11.1 Å². The zero-order valence-electron chi connectivity index (χ0n) is 19.7. The normalized spacial score (nSPS) is 22.1. The highest BCUT2D eigenvalue weighted by Gasteiger charge is 3.01. The van der Waals surface area contributed by atoms with E-state index in [1.54, 1.807) is 12.1 Å². The number of hydrogen-bond acceptors (Lipinski definition) is 2. The van der Waals surface area contributed by atoms with Crippen LogP contribution in [0.2, 0.25) is 0 Å². The number of nitrogens with two attached hydrogens (primary N) is 1. The Morgan fingerprint density at radius 1 is 0.789 bits per heavy atom. The predicted molar refractivity (Wildman–Crippen MR) is 115 cm³/mol. The smallest absolute Gasteiger partial charge is 0.330 e. The molecule has 2 aromatic carbocycles. The quantitative estimate of drug-likeness (QED) is 0.387. The molecule has 0 heterocycles. The van der Waals surface area contributed by atoms with E-state index in [4.69, 9.17) is 5.73 Å². The molecule has 3 rings (SSSR count). The van der Waals surface area contributed by atoms with E-state index in [0.717, 1.165) is 12.5 Å². The van der Waals surface area contributed by atoms with Crippen molar-refractivity contribution in [2.45, 2.75) is 62.0 Å². The highest BCUT2D eigenvalue weighted by Crippen LogP contribution is 2.72. The maximum absolute atomic E-state index is 15.6. The molecule has 0 saturated heterocycles. The molecular formula is C24H21F11N2O. The molecule has 1 saturated carbocycles. The van der Waals surface area contributed by atoms with Crippen LogP contribution in [0.15, 0.2) is 36.4 Å². The Hall–Kier alpha value is -2.90. The van der Waals surface area contributed by atoms with Crippen LogP contribution in [-0.2, 0) is 18.5 Å². The first-order valence-corrected chi connectivity index (χ1v) is 11.1. The molecule has 1 aliphatic carbocycles. The highest BCUT2D eigenvalue weighted by atomic mass is 19.4. The van der Waals surface area contributed by atoms with Crippen LogP contribution in [0.25, 0.3) is 0 Å². The van der Waals surface area contributed by atoms with E-state index in [0.29, 0.717) is 13.0 Å². The van der Waals surface area contributed by atoms with E-state index in [2.05, 4.69) is 5.32 Å². The third-order valence-electron chi connectivity index (χ3n) is 6.53. The Labute approximate surface area is 209 Å².